The highest BCUT2D eigenvalue weighted by Crippen LogP contribution is 2.40. The van der Waals surface area contributed by atoms with Crippen molar-refractivity contribution in [2.24, 2.45) is 5.92 Å². The molecule has 1 amide bonds. The molecule has 2 aromatic rings. The SMILES string of the molecule is CC(C)C1CN(C(=O)c2cc(C3CC3)on2)CCCN1Cc1ccc(F)cc1. The Morgan fingerprint density at radius 1 is 1.25 bits per heavy atom. The molecule has 1 aliphatic carbocycles. The van der Waals surface area contributed by atoms with Gasteiger partial charge in [0.2, 0.25) is 0 Å². The summed E-state index contributed by atoms with van der Waals surface area (Å²) < 4.78 is 18.6. The number of rotatable bonds is 5. The van der Waals surface area contributed by atoms with Gasteiger partial charge in [-0.3, -0.25) is 9.69 Å². The minimum atomic E-state index is -0.213. The molecule has 1 aromatic heterocycles. The number of benzene rings is 1. The first kappa shape index (κ1) is 19.1. The fourth-order valence-corrected chi connectivity index (χ4v) is 4.01. The van der Waals surface area contributed by atoms with Crippen molar-refractivity contribution < 1.29 is 13.7 Å². The molecule has 1 aliphatic heterocycles. The molecule has 2 aliphatic rings. The lowest BCUT2D eigenvalue weighted by Gasteiger charge is -2.34. The Bertz CT molecular complexity index is 813. The minimum absolute atomic E-state index is 0.0371. The second-order valence-corrected chi connectivity index (χ2v) is 8.40. The molecule has 28 heavy (non-hydrogen) atoms. The maximum absolute atomic E-state index is 13.2. The molecule has 1 aromatic carbocycles. The van der Waals surface area contributed by atoms with E-state index in [0.29, 0.717) is 30.6 Å². The summed E-state index contributed by atoms with van der Waals surface area (Å²) in [5, 5.41) is 4.03. The molecule has 6 heteroatoms. The zero-order valence-corrected chi connectivity index (χ0v) is 16.6. The van der Waals surface area contributed by atoms with E-state index in [0.717, 1.165) is 43.7 Å². The highest BCUT2D eigenvalue weighted by Gasteiger charge is 2.33. The summed E-state index contributed by atoms with van der Waals surface area (Å²) >= 11 is 0. The van der Waals surface area contributed by atoms with Crippen molar-refractivity contribution in [2.45, 2.75) is 51.6 Å². The highest BCUT2D eigenvalue weighted by molar-refractivity contribution is 5.92. The Balaban J connectivity index is 1.47. The van der Waals surface area contributed by atoms with Crippen LogP contribution in [0.25, 0.3) is 0 Å². The fourth-order valence-electron chi connectivity index (χ4n) is 4.01. The van der Waals surface area contributed by atoms with Crippen LogP contribution in [0.3, 0.4) is 0 Å². The van der Waals surface area contributed by atoms with E-state index in [4.69, 9.17) is 4.52 Å². The first-order valence-corrected chi connectivity index (χ1v) is 10.3. The van der Waals surface area contributed by atoms with Crippen LogP contribution < -0.4 is 0 Å². The van der Waals surface area contributed by atoms with Gasteiger partial charge in [-0.05, 0) is 42.9 Å². The number of nitrogens with zero attached hydrogens (tertiary/aromatic N) is 3. The summed E-state index contributed by atoms with van der Waals surface area (Å²) in [5.41, 5.74) is 1.52. The van der Waals surface area contributed by atoms with E-state index in [1.807, 2.05) is 23.1 Å². The van der Waals surface area contributed by atoms with Gasteiger partial charge in [0, 0.05) is 44.2 Å². The molecule has 1 unspecified atom stereocenters. The summed E-state index contributed by atoms with van der Waals surface area (Å²) in [5.74, 6) is 1.44. The zero-order chi connectivity index (χ0) is 19.7. The van der Waals surface area contributed by atoms with Gasteiger partial charge in [0.25, 0.3) is 5.91 Å². The highest BCUT2D eigenvalue weighted by atomic mass is 19.1. The third-order valence-electron chi connectivity index (χ3n) is 5.83. The molecule has 1 saturated heterocycles. The number of amides is 1. The number of hydrogen-bond acceptors (Lipinski definition) is 4. The number of carbonyl (C=O) groups excluding carboxylic acids is 1. The van der Waals surface area contributed by atoms with Gasteiger partial charge in [-0.1, -0.05) is 31.1 Å². The molecule has 2 heterocycles. The van der Waals surface area contributed by atoms with Crippen LogP contribution in [0.4, 0.5) is 4.39 Å². The maximum Gasteiger partial charge on any atom is 0.276 e. The summed E-state index contributed by atoms with van der Waals surface area (Å²) in [6.07, 6.45) is 3.16. The van der Waals surface area contributed by atoms with E-state index in [9.17, 15) is 9.18 Å². The van der Waals surface area contributed by atoms with Crippen LogP contribution in [0.5, 0.6) is 0 Å². The van der Waals surface area contributed by atoms with Gasteiger partial charge < -0.3 is 9.42 Å². The fraction of sp³-hybridized carbons (Fsp3) is 0.545. The summed E-state index contributed by atoms with van der Waals surface area (Å²) in [7, 11) is 0. The number of aromatic nitrogens is 1. The third kappa shape index (κ3) is 4.27. The average molecular weight is 385 g/mol. The molecular weight excluding hydrogens is 357 g/mol. The van der Waals surface area contributed by atoms with Crippen LogP contribution in [0.1, 0.15) is 60.8 Å². The van der Waals surface area contributed by atoms with Gasteiger partial charge in [-0.15, -0.1) is 0 Å². The molecule has 0 bridgehead atoms. The lowest BCUT2D eigenvalue weighted by molar-refractivity contribution is 0.0692. The zero-order valence-electron chi connectivity index (χ0n) is 16.6. The van der Waals surface area contributed by atoms with Crippen LogP contribution in [-0.4, -0.2) is 46.5 Å². The number of hydrogen-bond donors (Lipinski definition) is 0. The van der Waals surface area contributed by atoms with Crippen molar-refractivity contribution in [1.29, 1.82) is 0 Å². The number of halogens is 1. The van der Waals surface area contributed by atoms with E-state index < -0.39 is 0 Å². The smallest absolute Gasteiger partial charge is 0.276 e. The molecule has 4 rings (SSSR count). The van der Waals surface area contributed by atoms with Crippen LogP contribution >= 0.6 is 0 Å². The molecule has 1 atom stereocenters. The standard InChI is InChI=1S/C22H28FN3O2/c1-15(2)20-14-26(22(27)19-12-21(28-24-19)17-6-7-17)11-3-10-25(20)13-16-4-8-18(23)9-5-16/h4-5,8-9,12,15,17,20H,3,6-7,10-11,13-14H2,1-2H3. The Morgan fingerprint density at radius 3 is 2.68 bits per heavy atom. The lowest BCUT2D eigenvalue weighted by atomic mass is 10.0. The van der Waals surface area contributed by atoms with Crippen molar-refractivity contribution in [3.63, 3.8) is 0 Å². The quantitative estimate of drug-likeness (QED) is 0.779. The van der Waals surface area contributed by atoms with E-state index in [1.165, 1.54) is 12.1 Å². The molecule has 0 spiro atoms. The summed E-state index contributed by atoms with van der Waals surface area (Å²) in [6, 6.07) is 8.77. The first-order chi connectivity index (χ1) is 13.5. The van der Waals surface area contributed by atoms with Crippen molar-refractivity contribution in [3.8, 4) is 0 Å². The molecular formula is C22H28FN3O2. The Morgan fingerprint density at radius 2 is 2.00 bits per heavy atom. The maximum atomic E-state index is 13.2. The second kappa shape index (κ2) is 8.03. The first-order valence-electron chi connectivity index (χ1n) is 10.3. The van der Waals surface area contributed by atoms with E-state index >= 15 is 0 Å². The van der Waals surface area contributed by atoms with Crippen LogP contribution in [-0.2, 0) is 6.54 Å². The van der Waals surface area contributed by atoms with E-state index in [1.54, 1.807) is 0 Å². The van der Waals surface area contributed by atoms with Crippen molar-refractivity contribution in [3.05, 3.63) is 53.2 Å². The Hall–Kier alpha value is -2.21. The van der Waals surface area contributed by atoms with Crippen LogP contribution in [0.15, 0.2) is 34.9 Å². The molecule has 2 fully saturated rings. The third-order valence-corrected chi connectivity index (χ3v) is 5.83. The van der Waals surface area contributed by atoms with Gasteiger partial charge in [0.15, 0.2) is 5.69 Å². The summed E-state index contributed by atoms with van der Waals surface area (Å²) in [4.78, 5) is 17.4. The molecule has 0 radical (unpaired) electrons. The van der Waals surface area contributed by atoms with Gasteiger partial charge >= 0.3 is 0 Å². The second-order valence-electron chi connectivity index (χ2n) is 8.40. The average Bonchev–Trinajstić information content (AvgIpc) is 3.45. The molecule has 150 valence electrons. The monoisotopic (exact) mass is 385 g/mol. The Labute approximate surface area is 165 Å². The largest absolute Gasteiger partial charge is 0.360 e. The summed E-state index contributed by atoms with van der Waals surface area (Å²) in [6.45, 7) is 7.45. The van der Waals surface area contributed by atoms with Gasteiger partial charge in [0.05, 0.1) is 0 Å². The predicted molar refractivity (Wildman–Crippen MR) is 104 cm³/mol. The minimum Gasteiger partial charge on any atom is -0.360 e. The van der Waals surface area contributed by atoms with Crippen molar-refractivity contribution in [1.82, 2.24) is 15.0 Å². The van der Waals surface area contributed by atoms with Gasteiger partial charge in [0.1, 0.15) is 11.6 Å². The van der Waals surface area contributed by atoms with Crippen molar-refractivity contribution in [2.75, 3.05) is 19.6 Å². The lowest BCUT2D eigenvalue weighted by Crippen LogP contribution is -2.45. The number of carbonyl (C=O) groups is 1. The van der Waals surface area contributed by atoms with E-state index in [-0.39, 0.29) is 17.8 Å². The van der Waals surface area contributed by atoms with Crippen molar-refractivity contribution >= 4 is 5.91 Å². The topological polar surface area (TPSA) is 49.6 Å². The van der Waals surface area contributed by atoms with E-state index in [2.05, 4.69) is 23.9 Å². The van der Waals surface area contributed by atoms with Crippen LogP contribution in [0, 0.1) is 11.7 Å². The Kier molecular flexibility index (Phi) is 5.49. The van der Waals surface area contributed by atoms with Gasteiger partial charge in [-0.2, -0.15) is 0 Å². The molecule has 0 N–H and O–H groups in total. The van der Waals surface area contributed by atoms with Crippen LogP contribution in [0.2, 0.25) is 0 Å². The predicted octanol–water partition coefficient (Wildman–Crippen LogP) is 4.06. The van der Waals surface area contributed by atoms with Gasteiger partial charge in [-0.25, -0.2) is 4.39 Å². The molecule has 1 saturated carbocycles. The molecule has 5 nitrogen and oxygen atoms in total. The normalized spacial score (nSPS) is 21.1.